The number of aromatic nitrogens is 4. The number of rotatable bonds is 6. The van der Waals surface area contributed by atoms with Crippen LogP contribution in [0.4, 0.5) is 0 Å². The van der Waals surface area contributed by atoms with Crippen LogP contribution >= 0.6 is 11.8 Å². The number of thioether (sulfide) groups is 1. The van der Waals surface area contributed by atoms with E-state index in [1.54, 1.807) is 4.68 Å². The topological polar surface area (TPSA) is 102 Å². The number of carbonyl (C=O) groups is 2. The van der Waals surface area contributed by atoms with Crippen LogP contribution in [0.25, 0.3) is 11.2 Å². The molecule has 0 atom stereocenters. The van der Waals surface area contributed by atoms with Crippen LogP contribution in [0.15, 0.2) is 5.16 Å². The van der Waals surface area contributed by atoms with E-state index in [-0.39, 0.29) is 11.7 Å². The van der Waals surface area contributed by atoms with E-state index in [1.165, 1.54) is 6.92 Å². The highest BCUT2D eigenvalue weighted by Crippen LogP contribution is 2.25. The summed E-state index contributed by atoms with van der Waals surface area (Å²) in [7, 11) is 1.82. The number of nitrogens with zero attached hydrogens (tertiary/aromatic N) is 4. The summed E-state index contributed by atoms with van der Waals surface area (Å²) in [6.45, 7) is 4.28. The summed E-state index contributed by atoms with van der Waals surface area (Å²) in [6.07, 6.45) is 0. The minimum absolute atomic E-state index is 0.0596. The van der Waals surface area contributed by atoms with Gasteiger partial charge in [0.05, 0.1) is 11.4 Å². The van der Waals surface area contributed by atoms with Crippen LogP contribution in [-0.2, 0) is 23.2 Å². The van der Waals surface area contributed by atoms with Gasteiger partial charge < -0.3 is 15.0 Å². The van der Waals surface area contributed by atoms with Crippen LogP contribution < -0.4 is 5.32 Å². The van der Waals surface area contributed by atoms with Crippen molar-refractivity contribution in [1.82, 2.24) is 24.6 Å². The van der Waals surface area contributed by atoms with Gasteiger partial charge in [-0.05, 0) is 6.92 Å². The molecule has 2 aromatic heterocycles. The largest absolute Gasteiger partial charge is 0.481 e. The summed E-state index contributed by atoms with van der Waals surface area (Å²) in [5, 5.41) is 16.5. The lowest BCUT2D eigenvalue weighted by molar-refractivity contribution is -0.133. The van der Waals surface area contributed by atoms with Crippen molar-refractivity contribution in [1.29, 1.82) is 0 Å². The Balaban J connectivity index is 2.33. The van der Waals surface area contributed by atoms with Crippen LogP contribution in [0.2, 0.25) is 0 Å². The molecule has 0 aromatic carbocycles. The zero-order valence-electron chi connectivity index (χ0n) is 12.1. The molecule has 0 saturated heterocycles. The molecule has 2 heterocycles. The van der Waals surface area contributed by atoms with Gasteiger partial charge in [0.15, 0.2) is 10.8 Å². The highest BCUT2D eigenvalue weighted by atomic mass is 32.2. The number of aryl methyl sites for hydroxylation is 2. The van der Waals surface area contributed by atoms with Gasteiger partial charge in [0.2, 0.25) is 5.91 Å². The molecule has 0 radical (unpaired) electrons. The molecule has 0 saturated carbocycles. The van der Waals surface area contributed by atoms with E-state index in [9.17, 15) is 9.59 Å². The van der Waals surface area contributed by atoms with Gasteiger partial charge >= 0.3 is 5.97 Å². The van der Waals surface area contributed by atoms with Crippen LogP contribution in [0.1, 0.15) is 12.6 Å². The van der Waals surface area contributed by atoms with Gasteiger partial charge in [-0.15, -0.1) is 0 Å². The zero-order chi connectivity index (χ0) is 15.6. The normalized spacial score (nSPS) is 11.0. The number of carbonyl (C=O) groups excluding carboxylic acids is 1. The summed E-state index contributed by atoms with van der Waals surface area (Å²) in [5.74, 6) is -1.06. The molecular formula is C12H17N5O3S. The second kappa shape index (κ2) is 6.17. The lowest BCUT2D eigenvalue weighted by Gasteiger charge is -2.09. The van der Waals surface area contributed by atoms with Gasteiger partial charge in [-0.2, -0.15) is 5.10 Å². The van der Waals surface area contributed by atoms with Gasteiger partial charge in [0.25, 0.3) is 0 Å². The molecule has 0 aliphatic rings. The number of hydrogen-bond donors (Lipinski definition) is 2. The van der Waals surface area contributed by atoms with E-state index in [1.807, 2.05) is 18.5 Å². The Kier molecular flexibility index (Phi) is 4.51. The Morgan fingerprint density at radius 2 is 2.14 bits per heavy atom. The van der Waals surface area contributed by atoms with Crippen molar-refractivity contribution in [2.24, 2.45) is 7.05 Å². The predicted molar refractivity (Wildman–Crippen MR) is 78.3 cm³/mol. The minimum Gasteiger partial charge on any atom is -0.481 e. The molecule has 21 heavy (non-hydrogen) atoms. The first-order valence-corrected chi connectivity index (χ1v) is 7.37. The monoisotopic (exact) mass is 311 g/mol. The zero-order valence-corrected chi connectivity index (χ0v) is 12.9. The lowest BCUT2D eigenvalue weighted by Crippen LogP contribution is -2.25. The number of imidazole rings is 1. The first kappa shape index (κ1) is 15.4. The third kappa shape index (κ3) is 3.35. The summed E-state index contributed by atoms with van der Waals surface area (Å²) in [6, 6.07) is 0. The Bertz CT molecular complexity index is 691. The van der Waals surface area contributed by atoms with Crippen molar-refractivity contribution >= 4 is 34.8 Å². The molecule has 0 fully saturated rings. The van der Waals surface area contributed by atoms with Crippen molar-refractivity contribution < 1.29 is 14.7 Å². The predicted octanol–water partition coefficient (Wildman–Crippen LogP) is 0.391. The molecular weight excluding hydrogens is 294 g/mol. The SMILES string of the molecule is CC(=O)NCCn1c(SCC(=O)O)nc2c(C)nn(C)c21. The third-order valence-electron chi connectivity index (χ3n) is 2.89. The number of fused-ring (bicyclic) bond motifs is 1. The maximum Gasteiger partial charge on any atom is 0.313 e. The number of aliphatic carboxylic acids is 1. The van der Waals surface area contributed by atoms with Crippen molar-refractivity contribution in [2.75, 3.05) is 12.3 Å². The fourth-order valence-electron chi connectivity index (χ4n) is 2.10. The van der Waals surface area contributed by atoms with E-state index < -0.39 is 5.97 Å². The molecule has 0 spiro atoms. The van der Waals surface area contributed by atoms with Crippen LogP contribution in [0, 0.1) is 6.92 Å². The van der Waals surface area contributed by atoms with E-state index in [0.29, 0.717) is 18.2 Å². The highest BCUT2D eigenvalue weighted by molar-refractivity contribution is 7.99. The van der Waals surface area contributed by atoms with E-state index in [4.69, 9.17) is 5.11 Å². The van der Waals surface area contributed by atoms with Crippen molar-refractivity contribution in [3.05, 3.63) is 5.69 Å². The summed E-state index contributed by atoms with van der Waals surface area (Å²) < 4.78 is 3.61. The maximum atomic E-state index is 11.0. The van der Waals surface area contributed by atoms with Crippen molar-refractivity contribution in [3.8, 4) is 0 Å². The molecule has 2 aromatic rings. The molecule has 0 bridgehead atoms. The Morgan fingerprint density at radius 1 is 1.43 bits per heavy atom. The van der Waals surface area contributed by atoms with Crippen LogP contribution in [0.5, 0.6) is 0 Å². The Labute approximate surface area is 125 Å². The maximum absolute atomic E-state index is 11.0. The number of nitrogens with one attached hydrogen (secondary N) is 1. The molecule has 9 heteroatoms. The fraction of sp³-hybridized carbons (Fsp3) is 0.500. The van der Waals surface area contributed by atoms with E-state index in [2.05, 4.69) is 15.4 Å². The minimum atomic E-state index is -0.893. The van der Waals surface area contributed by atoms with Crippen LogP contribution in [-0.4, -0.2) is 48.6 Å². The second-order valence-electron chi connectivity index (χ2n) is 4.59. The Morgan fingerprint density at radius 3 is 2.76 bits per heavy atom. The Hall–Kier alpha value is -2.03. The van der Waals surface area contributed by atoms with Gasteiger partial charge in [0, 0.05) is 27.1 Å². The van der Waals surface area contributed by atoms with Gasteiger partial charge in [-0.1, -0.05) is 11.8 Å². The third-order valence-corrected chi connectivity index (χ3v) is 3.85. The standard InChI is InChI=1S/C12H17N5O3S/c1-7-10-11(16(3)15-7)17(5-4-13-8(2)18)12(14-10)21-6-9(19)20/h4-6H2,1-3H3,(H,13,18)(H,19,20). The average molecular weight is 311 g/mol. The molecule has 0 unspecified atom stereocenters. The smallest absolute Gasteiger partial charge is 0.313 e. The second-order valence-corrected chi connectivity index (χ2v) is 5.54. The lowest BCUT2D eigenvalue weighted by atomic mass is 10.4. The van der Waals surface area contributed by atoms with Gasteiger partial charge in [0.1, 0.15) is 5.52 Å². The van der Waals surface area contributed by atoms with Gasteiger partial charge in [-0.25, -0.2) is 4.98 Å². The number of carboxylic acids is 1. The number of amides is 1. The average Bonchev–Trinajstić information content (AvgIpc) is 2.86. The summed E-state index contributed by atoms with van der Waals surface area (Å²) in [4.78, 5) is 26.2. The van der Waals surface area contributed by atoms with E-state index in [0.717, 1.165) is 28.6 Å². The molecule has 2 rings (SSSR count). The first-order valence-electron chi connectivity index (χ1n) is 6.39. The van der Waals surface area contributed by atoms with E-state index >= 15 is 0 Å². The molecule has 2 N–H and O–H groups in total. The molecule has 1 amide bonds. The molecule has 114 valence electrons. The van der Waals surface area contributed by atoms with Crippen LogP contribution in [0.3, 0.4) is 0 Å². The summed E-state index contributed by atoms with van der Waals surface area (Å²) in [5.41, 5.74) is 2.38. The molecule has 0 aliphatic carbocycles. The summed E-state index contributed by atoms with van der Waals surface area (Å²) >= 11 is 1.16. The number of carboxylic acid groups (broad SMARTS) is 1. The molecule has 0 aliphatic heterocycles. The number of hydrogen-bond acceptors (Lipinski definition) is 5. The molecule has 8 nitrogen and oxygen atoms in total. The highest BCUT2D eigenvalue weighted by Gasteiger charge is 2.18. The van der Waals surface area contributed by atoms with Crippen molar-refractivity contribution in [2.45, 2.75) is 25.5 Å². The van der Waals surface area contributed by atoms with Gasteiger partial charge in [-0.3, -0.25) is 14.3 Å². The first-order chi connectivity index (χ1) is 9.90. The quantitative estimate of drug-likeness (QED) is 0.748. The fourth-order valence-corrected chi connectivity index (χ4v) is 2.84. The van der Waals surface area contributed by atoms with Crippen molar-refractivity contribution in [3.63, 3.8) is 0 Å².